The van der Waals surface area contributed by atoms with Gasteiger partial charge >= 0.3 is 5.97 Å². The van der Waals surface area contributed by atoms with E-state index in [0.29, 0.717) is 24.6 Å². The summed E-state index contributed by atoms with van der Waals surface area (Å²) in [5.41, 5.74) is 1.77. The maximum atomic E-state index is 12.2. The van der Waals surface area contributed by atoms with Crippen LogP contribution in [0.15, 0.2) is 24.3 Å². The molecule has 0 heterocycles. The Labute approximate surface area is 143 Å². The smallest absolute Gasteiger partial charge is 0.338 e. The van der Waals surface area contributed by atoms with Gasteiger partial charge in [0.15, 0.2) is 6.10 Å². The van der Waals surface area contributed by atoms with Gasteiger partial charge in [-0.3, -0.25) is 4.79 Å². The molecule has 1 saturated carbocycles. The normalized spacial score (nSPS) is 16.4. The molecule has 1 fully saturated rings. The molecule has 0 unspecified atom stereocenters. The lowest BCUT2D eigenvalue weighted by molar-refractivity contribution is -0.129. The fourth-order valence-electron chi connectivity index (χ4n) is 3.03. The Morgan fingerprint density at radius 3 is 2.46 bits per heavy atom. The molecule has 5 nitrogen and oxygen atoms in total. The summed E-state index contributed by atoms with van der Waals surface area (Å²) in [6.45, 7) is 2.39. The lowest BCUT2D eigenvalue weighted by Crippen LogP contribution is -2.37. The monoisotopic (exact) mass is 333 g/mol. The van der Waals surface area contributed by atoms with E-state index in [2.05, 4.69) is 5.32 Å². The summed E-state index contributed by atoms with van der Waals surface area (Å²) in [5.74, 6) is -0.187. The highest BCUT2D eigenvalue weighted by atomic mass is 16.5. The van der Waals surface area contributed by atoms with Crippen molar-refractivity contribution in [3.05, 3.63) is 35.4 Å². The minimum absolute atomic E-state index is 0.320. The minimum atomic E-state index is -0.827. The number of benzene rings is 1. The summed E-state index contributed by atoms with van der Waals surface area (Å²) in [4.78, 5) is 24.0. The van der Waals surface area contributed by atoms with E-state index in [0.717, 1.165) is 0 Å². The van der Waals surface area contributed by atoms with Crippen LogP contribution in [0.25, 0.3) is 0 Å². The van der Waals surface area contributed by atoms with Gasteiger partial charge in [0.05, 0.1) is 12.2 Å². The first kappa shape index (κ1) is 18.5. The Hall–Kier alpha value is -1.88. The van der Waals surface area contributed by atoms with Gasteiger partial charge in [0.2, 0.25) is 0 Å². The highest BCUT2D eigenvalue weighted by molar-refractivity contribution is 5.92. The molecule has 2 rings (SSSR count). The highest BCUT2D eigenvalue weighted by Gasteiger charge is 2.19. The Balaban J connectivity index is 1.86. The van der Waals surface area contributed by atoms with E-state index in [1.807, 2.05) is 12.1 Å². The first-order valence-electron chi connectivity index (χ1n) is 8.69. The standard InChI is InChI=1S/C19H27NO4/c1-14(18(21)20-12-13-23-2)24-19(22)17-10-8-16(9-11-17)15-6-4-3-5-7-15/h8-11,14-15H,3-7,12-13H2,1-2H3,(H,20,21)/t14-/m0/s1. The number of esters is 1. The van der Waals surface area contributed by atoms with Crippen LogP contribution in [0.5, 0.6) is 0 Å². The SMILES string of the molecule is COCCNC(=O)[C@H](C)OC(=O)c1ccc(C2CCCCC2)cc1. The molecule has 1 aliphatic carbocycles. The molecule has 1 aromatic rings. The Morgan fingerprint density at radius 2 is 1.83 bits per heavy atom. The average Bonchev–Trinajstić information content (AvgIpc) is 2.62. The van der Waals surface area contributed by atoms with Crippen LogP contribution in [0, 0.1) is 0 Å². The summed E-state index contributed by atoms with van der Waals surface area (Å²) in [6, 6.07) is 7.61. The van der Waals surface area contributed by atoms with E-state index in [-0.39, 0.29) is 5.91 Å². The van der Waals surface area contributed by atoms with Crippen molar-refractivity contribution in [2.75, 3.05) is 20.3 Å². The first-order chi connectivity index (χ1) is 11.6. The van der Waals surface area contributed by atoms with Crippen molar-refractivity contribution in [1.82, 2.24) is 5.32 Å². The fourth-order valence-corrected chi connectivity index (χ4v) is 3.03. The molecule has 0 aromatic heterocycles. The summed E-state index contributed by atoms with van der Waals surface area (Å²) < 4.78 is 10.1. The lowest BCUT2D eigenvalue weighted by Gasteiger charge is -2.22. The van der Waals surface area contributed by atoms with E-state index in [1.165, 1.54) is 37.7 Å². The third-order valence-corrected chi connectivity index (χ3v) is 4.48. The number of ether oxygens (including phenoxy) is 2. The van der Waals surface area contributed by atoms with Crippen molar-refractivity contribution in [2.45, 2.75) is 51.0 Å². The molecule has 1 N–H and O–H groups in total. The zero-order valence-electron chi connectivity index (χ0n) is 14.5. The van der Waals surface area contributed by atoms with Gasteiger partial charge in [0.1, 0.15) is 0 Å². The maximum absolute atomic E-state index is 12.2. The summed E-state index contributed by atoms with van der Waals surface area (Å²) in [6.07, 6.45) is 5.51. The number of hydrogen-bond donors (Lipinski definition) is 1. The van der Waals surface area contributed by atoms with E-state index >= 15 is 0 Å². The third-order valence-electron chi connectivity index (χ3n) is 4.48. The predicted octanol–water partition coefficient (Wildman–Crippen LogP) is 3.04. The molecule has 1 aromatic carbocycles. The first-order valence-corrected chi connectivity index (χ1v) is 8.69. The molecule has 1 atom stereocenters. The number of nitrogens with one attached hydrogen (secondary N) is 1. The number of carbonyl (C=O) groups is 2. The second kappa shape index (κ2) is 9.42. The third kappa shape index (κ3) is 5.34. The quantitative estimate of drug-likeness (QED) is 0.615. The van der Waals surface area contributed by atoms with Crippen LogP contribution >= 0.6 is 0 Å². The van der Waals surface area contributed by atoms with E-state index in [9.17, 15) is 9.59 Å². The van der Waals surface area contributed by atoms with Gasteiger partial charge in [0, 0.05) is 13.7 Å². The molecule has 0 radical (unpaired) electrons. The van der Waals surface area contributed by atoms with Gasteiger partial charge in [-0.15, -0.1) is 0 Å². The van der Waals surface area contributed by atoms with Crippen molar-refractivity contribution in [2.24, 2.45) is 0 Å². The molecule has 24 heavy (non-hydrogen) atoms. The molecule has 1 amide bonds. The second-order valence-corrected chi connectivity index (χ2v) is 6.29. The highest BCUT2D eigenvalue weighted by Crippen LogP contribution is 2.32. The van der Waals surface area contributed by atoms with Crippen LogP contribution < -0.4 is 5.32 Å². The van der Waals surface area contributed by atoms with Crippen molar-refractivity contribution < 1.29 is 19.1 Å². The molecular weight excluding hydrogens is 306 g/mol. The lowest BCUT2D eigenvalue weighted by atomic mass is 9.84. The zero-order valence-corrected chi connectivity index (χ0v) is 14.5. The van der Waals surface area contributed by atoms with Gasteiger partial charge in [-0.25, -0.2) is 4.79 Å². The van der Waals surface area contributed by atoms with E-state index in [1.54, 1.807) is 26.2 Å². The Bertz CT molecular complexity index is 535. The topological polar surface area (TPSA) is 64.6 Å². The molecule has 1 aliphatic rings. The second-order valence-electron chi connectivity index (χ2n) is 6.29. The molecule has 5 heteroatoms. The van der Waals surface area contributed by atoms with Crippen LogP contribution in [-0.4, -0.2) is 38.2 Å². The summed E-state index contributed by atoms with van der Waals surface area (Å²) in [5, 5.41) is 2.65. The summed E-state index contributed by atoms with van der Waals surface area (Å²) >= 11 is 0. The number of amides is 1. The fraction of sp³-hybridized carbons (Fsp3) is 0.579. The number of carbonyl (C=O) groups excluding carboxylic acids is 2. The molecule has 0 aliphatic heterocycles. The largest absolute Gasteiger partial charge is 0.449 e. The van der Waals surface area contributed by atoms with Gasteiger partial charge in [-0.05, 0) is 43.4 Å². The van der Waals surface area contributed by atoms with Crippen LogP contribution in [0.4, 0.5) is 0 Å². The molecule has 132 valence electrons. The summed E-state index contributed by atoms with van der Waals surface area (Å²) in [7, 11) is 1.56. The van der Waals surface area contributed by atoms with Gasteiger partial charge < -0.3 is 14.8 Å². The van der Waals surface area contributed by atoms with Gasteiger partial charge in [-0.1, -0.05) is 31.4 Å². The van der Waals surface area contributed by atoms with Crippen molar-refractivity contribution >= 4 is 11.9 Å². The minimum Gasteiger partial charge on any atom is -0.449 e. The average molecular weight is 333 g/mol. The molecule has 0 saturated heterocycles. The Morgan fingerprint density at radius 1 is 1.17 bits per heavy atom. The molecule has 0 spiro atoms. The van der Waals surface area contributed by atoms with Gasteiger partial charge in [0.25, 0.3) is 5.91 Å². The van der Waals surface area contributed by atoms with Crippen LogP contribution in [0.2, 0.25) is 0 Å². The van der Waals surface area contributed by atoms with Crippen molar-refractivity contribution in [1.29, 1.82) is 0 Å². The molecule has 0 bridgehead atoms. The van der Waals surface area contributed by atoms with Crippen molar-refractivity contribution in [3.63, 3.8) is 0 Å². The van der Waals surface area contributed by atoms with Crippen molar-refractivity contribution in [3.8, 4) is 0 Å². The van der Waals surface area contributed by atoms with Crippen LogP contribution in [-0.2, 0) is 14.3 Å². The predicted molar refractivity (Wildman–Crippen MR) is 92.0 cm³/mol. The number of hydrogen-bond acceptors (Lipinski definition) is 4. The van der Waals surface area contributed by atoms with Crippen LogP contribution in [0.1, 0.15) is 60.9 Å². The maximum Gasteiger partial charge on any atom is 0.338 e. The number of rotatable bonds is 7. The zero-order chi connectivity index (χ0) is 17.4. The number of methoxy groups -OCH3 is 1. The van der Waals surface area contributed by atoms with E-state index < -0.39 is 12.1 Å². The molecular formula is C19H27NO4. The van der Waals surface area contributed by atoms with Crippen LogP contribution in [0.3, 0.4) is 0 Å². The van der Waals surface area contributed by atoms with E-state index in [4.69, 9.17) is 9.47 Å². The van der Waals surface area contributed by atoms with Gasteiger partial charge in [-0.2, -0.15) is 0 Å². The Kier molecular flexibility index (Phi) is 7.25.